The molecule has 0 radical (unpaired) electrons. The summed E-state index contributed by atoms with van der Waals surface area (Å²) in [6.07, 6.45) is 6.62. The highest BCUT2D eigenvalue weighted by Gasteiger charge is 2.49. The summed E-state index contributed by atoms with van der Waals surface area (Å²) in [7, 11) is 0. The first-order valence-corrected chi connectivity index (χ1v) is 13.2. The molecule has 2 bridgehead atoms. The second-order valence-electron chi connectivity index (χ2n) is 11.5. The Morgan fingerprint density at radius 1 is 1.19 bits per heavy atom. The smallest absolute Gasteiger partial charge is 0.410 e. The van der Waals surface area contributed by atoms with Crippen molar-refractivity contribution in [2.24, 2.45) is 0 Å². The van der Waals surface area contributed by atoms with E-state index in [0.29, 0.717) is 30.9 Å². The van der Waals surface area contributed by atoms with Crippen molar-refractivity contribution in [3.8, 4) is 6.01 Å². The van der Waals surface area contributed by atoms with E-state index in [0.717, 1.165) is 45.2 Å². The van der Waals surface area contributed by atoms with E-state index in [1.807, 2.05) is 25.7 Å². The van der Waals surface area contributed by atoms with Crippen LogP contribution in [0.3, 0.4) is 0 Å². The van der Waals surface area contributed by atoms with Crippen molar-refractivity contribution in [2.45, 2.75) is 76.1 Å². The maximum atomic E-state index is 15.1. The fraction of sp³-hybridized carbons (Fsp3) is 0.680. The Morgan fingerprint density at radius 3 is 2.56 bits per heavy atom. The number of ether oxygens (including phenoxy) is 2. The third-order valence-corrected chi connectivity index (χ3v) is 8.24. The van der Waals surface area contributed by atoms with E-state index in [9.17, 15) is 4.79 Å². The molecule has 2 atom stereocenters. The summed E-state index contributed by atoms with van der Waals surface area (Å²) in [4.78, 5) is 32.3. The van der Waals surface area contributed by atoms with Gasteiger partial charge in [-0.25, -0.2) is 14.2 Å². The topological polar surface area (TPSA) is 83.9 Å². The number of nitrogens with zero attached hydrogens (tertiary/aromatic N) is 6. The molecule has 5 saturated heterocycles. The fourth-order valence-electron chi connectivity index (χ4n) is 6.36. The summed E-state index contributed by atoms with van der Waals surface area (Å²) in [6.45, 7) is 9.38. The monoisotopic (exact) mass is 518 g/mol. The molecule has 5 aliphatic heterocycles. The summed E-state index contributed by atoms with van der Waals surface area (Å²) in [5, 5.41) is 0.253. The van der Waals surface area contributed by atoms with Crippen LogP contribution in [0.4, 0.5) is 15.0 Å². The van der Waals surface area contributed by atoms with Crippen LogP contribution in [0.5, 0.6) is 6.01 Å². The van der Waals surface area contributed by atoms with Crippen LogP contribution < -0.4 is 9.64 Å². The van der Waals surface area contributed by atoms with E-state index in [1.165, 1.54) is 6.20 Å². The zero-order chi connectivity index (χ0) is 25.2. The van der Waals surface area contributed by atoms with Crippen molar-refractivity contribution in [3.05, 3.63) is 17.2 Å². The van der Waals surface area contributed by atoms with Gasteiger partial charge in [0.05, 0.1) is 23.0 Å². The highest BCUT2D eigenvalue weighted by Crippen LogP contribution is 2.40. The number of rotatable bonds is 4. The molecule has 11 heteroatoms. The number of carbonyl (C=O) groups is 1. The molecule has 0 aliphatic carbocycles. The molecule has 0 spiro atoms. The number of piperidine rings is 1. The van der Waals surface area contributed by atoms with Crippen LogP contribution in [0.15, 0.2) is 6.20 Å². The van der Waals surface area contributed by atoms with E-state index in [4.69, 9.17) is 26.1 Å². The first-order valence-electron chi connectivity index (χ1n) is 12.8. The quantitative estimate of drug-likeness (QED) is 0.561. The minimum atomic E-state index is -0.679. The van der Waals surface area contributed by atoms with Crippen molar-refractivity contribution >= 4 is 34.4 Å². The summed E-state index contributed by atoms with van der Waals surface area (Å²) < 4.78 is 26.8. The number of pyridine rings is 1. The molecule has 7 rings (SSSR count). The van der Waals surface area contributed by atoms with Crippen LogP contribution in [-0.2, 0) is 4.74 Å². The van der Waals surface area contributed by atoms with Gasteiger partial charge in [-0.3, -0.25) is 9.80 Å². The van der Waals surface area contributed by atoms with Crippen molar-refractivity contribution in [1.82, 2.24) is 24.8 Å². The summed E-state index contributed by atoms with van der Waals surface area (Å²) in [6, 6.07) is 0.153. The lowest BCUT2D eigenvalue weighted by Crippen LogP contribution is -2.70. The minimum absolute atomic E-state index is 0.00233. The number of piperazine rings is 1. The molecule has 2 aromatic rings. The Kier molecular flexibility index (Phi) is 5.68. The highest BCUT2D eigenvalue weighted by molar-refractivity contribution is 6.30. The van der Waals surface area contributed by atoms with Gasteiger partial charge in [-0.1, -0.05) is 11.6 Å². The van der Waals surface area contributed by atoms with E-state index in [1.54, 1.807) is 0 Å². The number of carbonyl (C=O) groups excluding carboxylic acids is 1. The first-order chi connectivity index (χ1) is 17.1. The maximum absolute atomic E-state index is 15.1. The average Bonchev–Trinajstić information content (AvgIpc) is 3.39. The molecule has 9 nitrogen and oxygen atoms in total. The zero-order valence-corrected chi connectivity index (χ0v) is 21.7. The zero-order valence-electron chi connectivity index (χ0n) is 21.0. The van der Waals surface area contributed by atoms with Gasteiger partial charge in [0.25, 0.3) is 0 Å². The molecule has 0 N–H and O–H groups in total. The minimum Gasteiger partial charge on any atom is -0.461 e. The van der Waals surface area contributed by atoms with Crippen molar-refractivity contribution < 1.29 is 18.7 Å². The van der Waals surface area contributed by atoms with Crippen LogP contribution in [0.25, 0.3) is 10.9 Å². The summed E-state index contributed by atoms with van der Waals surface area (Å²) >= 11 is 6.00. The number of aromatic nitrogens is 3. The van der Waals surface area contributed by atoms with Crippen molar-refractivity contribution in [2.75, 3.05) is 37.7 Å². The van der Waals surface area contributed by atoms with Gasteiger partial charge in [0.15, 0.2) is 11.0 Å². The van der Waals surface area contributed by atoms with E-state index < -0.39 is 11.4 Å². The van der Waals surface area contributed by atoms with E-state index >= 15 is 4.39 Å². The summed E-state index contributed by atoms with van der Waals surface area (Å²) in [5.41, 5.74) is -0.426. The lowest BCUT2D eigenvalue weighted by molar-refractivity contribution is -0.0380. The molecular weight excluding hydrogens is 487 g/mol. The summed E-state index contributed by atoms with van der Waals surface area (Å²) in [5.74, 6) is -0.120. The lowest BCUT2D eigenvalue weighted by Gasteiger charge is -2.56. The third-order valence-electron chi connectivity index (χ3n) is 7.98. The number of anilines is 1. The molecule has 7 heterocycles. The predicted octanol–water partition coefficient (Wildman–Crippen LogP) is 4.02. The second kappa shape index (κ2) is 8.55. The molecule has 0 saturated carbocycles. The van der Waals surface area contributed by atoms with Gasteiger partial charge in [0.2, 0.25) is 0 Å². The maximum Gasteiger partial charge on any atom is 0.410 e. The molecule has 0 aromatic carbocycles. The first kappa shape index (κ1) is 23.9. The van der Waals surface area contributed by atoms with Gasteiger partial charge in [-0.2, -0.15) is 9.97 Å². The molecular formula is C25H32ClFN6O3. The highest BCUT2D eigenvalue weighted by atomic mass is 35.5. The second-order valence-corrected chi connectivity index (χ2v) is 11.9. The van der Waals surface area contributed by atoms with Crippen molar-refractivity contribution in [3.63, 3.8) is 0 Å². The van der Waals surface area contributed by atoms with Gasteiger partial charge in [-0.05, 0) is 66.0 Å². The third kappa shape index (κ3) is 4.02. The Balaban J connectivity index is 1.27. The predicted molar refractivity (Wildman–Crippen MR) is 133 cm³/mol. The van der Waals surface area contributed by atoms with Crippen LogP contribution in [-0.4, -0.2) is 86.9 Å². The molecule has 2 aromatic heterocycles. The van der Waals surface area contributed by atoms with Crippen LogP contribution in [0.1, 0.15) is 52.9 Å². The van der Waals surface area contributed by atoms with Gasteiger partial charge in [-0.15, -0.1) is 0 Å². The normalized spacial score (nSPS) is 25.1. The number of amides is 1. The fourth-order valence-corrected chi connectivity index (χ4v) is 6.50. The molecule has 5 aliphatic rings. The molecule has 2 unspecified atom stereocenters. The van der Waals surface area contributed by atoms with Crippen LogP contribution in [0, 0.1) is 5.82 Å². The van der Waals surface area contributed by atoms with E-state index in [-0.39, 0.29) is 40.4 Å². The molecule has 5 fully saturated rings. The van der Waals surface area contributed by atoms with Crippen molar-refractivity contribution in [1.29, 1.82) is 0 Å². The number of halogens is 2. The number of fused-ring (bicyclic) bond motifs is 4. The van der Waals surface area contributed by atoms with Crippen LogP contribution >= 0.6 is 11.6 Å². The Morgan fingerprint density at radius 2 is 1.89 bits per heavy atom. The van der Waals surface area contributed by atoms with Gasteiger partial charge < -0.3 is 14.4 Å². The molecule has 1 amide bonds. The van der Waals surface area contributed by atoms with Gasteiger partial charge >= 0.3 is 12.1 Å². The van der Waals surface area contributed by atoms with Gasteiger partial charge in [0.1, 0.15) is 23.5 Å². The SMILES string of the molecule is CC(C)(C)OC(=O)N1C2CC1CN(c1nc(OCC34CCCN3CCC4)nc3c(F)c(Cl)ncc13)C2. The van der Waals surface area contributed by atoms with Gasteiger partial charge in [0, 0.05) is 19.3 Å². The Labute approximate surface area is 214 Å². The Hall–Kier alpha value is -2.46. The Bertz CT molecular complexity index is 1180. The number of hydrogen-bond donors (Lipinski definition) is 0. The van der Waals surface area contributed by atoms with E-state index in [2.05, 4.69) is 19.8 Å². The lowest BCUT2D eigenvalue weighted by atomic mass is 9.88. The standard InChI is InChI=1S/C25H32ClFN6O3/c1-24(2,3)36-23(34)33-15-10-16(33)13-31(12-15)21-17-11-28-20(26)18(27)19(17)29-22(30-21)35-14-25-6-4-8-32(25)9-5-7-25/h11,15-16H,4-10,12-14H2,1-3H3. The molecule has 194 valence electrons. The largest absolute Gasteiger partial charge is 0.461 e. The molecule has 36 heavy (non-hydrogen) atoms. The van der Waals surface area contributed by atoms with Crippen LogP contribution in [0.2, 0.25) is 5.15 Å². The number of hydrogen-bond acceptors (Lipinski definition) is 8. The average molecular weight is 519 g/mol.